The second kappa shape index (κ2) is 9.60. The van der Waals surface area contributed by atoms with E-state index in [2.05, 4.69) is 20.8 Å². The van der Waals surface area contributed by atoms with Gasteiger partial charge < -0.3 is 26.2 Å². The van der Waals surface area contributed by atoms with Crippen LogP contribution in [0.1, 0.15) is 11.7 Å². The normalized spacial score (nSPS) is 24.6. The molecular formula is C19H21N7O6S2. The molecule has 2 aliphatic heterocycles. The molecule has 2 fully saturated rings. The molecule has 0 bridgehead atoms. The van der Waals surface area contributed by atoms with Crippen molar-refractivity contribution in [3.05, 3.63) is 35.9 Å². The topological polar surface area (TPSA) is 194 Å². The zero-order chi connectivity index (χ0) is 24.5. The number of amides is 3. The number of nitrogens with one attached hydrogen (secondary N) is 1. The van der Waals surface area contributed by atoms with E-state index in [1.165, 1.54) is 21.3 Å². The van der Waals surface area contributed by atoms with Crippen LogP contribution in [0.2, 0.25) is 0 Å². The number of carboxylic acids is 1. The van der Waals surface area contributed by atoms with E-state index in [9.17, 15) is 29.4 Å². The third-order valence-corrected chi connectivity index (χ3v) is 8.38. The fraction of sp³-hybridized carbons (Fsp3) is 0.421. The van der Waals surface area contributed by atoms with Gasteiger partial charge in [0.05, 0.1) is 0 Å². The minimum atomic E-state index is -1.42. The van der Waals surface area contributed by atoms with Gasteiger partial charge in [0.15, 0.2) is 6.10 Å². The minimum absolute atomic E-state index is 0.0503. The van der Waals surface area contributed by atoms with E-state index < -0.39 is 46.6 Å². The highest BCUT2D eigenvalue weighted by Gasteiger charge is 2.57. The van der Waals surface area contributed by atoms with Gasteiger partial charge in [-0.3, -0.25) is 19.2 Å². The number of thioether (sulfide) groups is 2. The Morgan fingerprint density at radius 1 is 1.32 bits per heavy atom. The lowest BCUT2D eigenvalue weighted by atomic mass is 9.89. The fourth-order valence-electron chi connectivity index (χ4n) is 3.67. The maximum absolute atomic E-state index is 12.7. The number of carboxylic acid groups (broad SMARTS) is 1. The number of fused-ring (bicyclic) bond motifs is 1. The molecule has 180 valence electrons. The van der Waals surface area contributed by atoms with Crippen molar-refractivity contribution in [3.8, 4) is 0 Å². The summed E-state index contributed by atoms with van der Waals surface area (Å²) in [5, 5.41) is 33.5. The molecule has 3 unspecified atom stereocenters. The number of aromatic nitrogens is 4. The Labute approximate surface area is 201 Å². The van der Waals surface area contributed by atoms with Gasteiger partial charge in [0.2, 0.25) is 17.0 Å². The summed E-state index contributed by atoms with van der Waals surface area (Å²) in [5.41, 5.74) is 4.28. The van der Waals surface area contributed by atoms with Crippen molar-refractivity contribution in [2.24, 2.45) is 11.1 Å². The number of hydrogen-bond donors (Lipinski definition) is 4. The second-order valence-electron chi connectivity index (χ2n) is 7.93. The monoisotopic (exact) mass is 507 g/mol. The van der Waals surface area contributed by atoms with E-state index in [-0.39, 0.29) is 29.8 Å². The number of carbonyl (C=O) groups excluding carboxylic acids is 3. The van der Waals surface area contributed by atoms with Crippen LogP contribution in [0.4, 0.5) is 0 Å². The molecule has 13 nitrogen and oxygen atoms in total. The van der Waals surface area contributed by atoms with Gasteiger partial charge in [0.1, 0.15) is 23.4 Å². The molecule has 0 saturated carbocycles. The SMILES string of the molecule is NC(=O)Cn1nnnc1SCC1(C(=O)O)CS[C@@H]2C(NC(=O)C(O)c3ccccc3)C(=O)N2C1. The van der Waals surface area contributed by atoms with Crippen molar-refractivity contribution < 1.29 is 29.4 Å². The zero-order valence-electron chi connectivity index (χ0n) is 17.6. The Hall–Kier alpha value is -3.17. The first-order valence-corrected chi connectivity index (χ1v) is 12.1. The number of carbonyl (C=O) groups is 4. The molecule has 0 aliphatic carbocycles. The van der Waals surface area contributed by atoms with Gasteiger partial charge in [-0.05, 0) is 16.0 Å². The van der Waals surface area contributed by atoms with Gasteiger partial charge in [-0.1, -0.05) is 42.1 Å². The summed E-state index contributed by atoms with van der Waals surface area (Å²) in [6.07, 6.45) is -1.42. The number of hydrogen-bond acceptors (Lipinski definition) is 10. The van der Waals surface area contributed by atoms with E-state index in [4.69, 9.17) is 5.73 Å². The molecule has 15 heteroatoms. The summed E-state index contributed by atoms with van der Waals surface area (Å²) >= 11 is 2.30. The predicted octanol–water partition coefficient (Wildman–Crippen LogP) is -1.54. The van der Waals surface area contributed by atoms with Crippen LogP contribution >= 0.6 is 23.5 Å². The minimum Gasteiger partial charge on any atom is -0.481 e. The molecule has 2 aromatic rings. The van der Waals surface area contributed by atoms with Crippen LogP contribution in [0, 0.1) is 5.41 Å². The lowest BCUT2D eigenvalue weighted by Crippen LogP contribution is -2.74. The molecule has 0 radical (unpaired) electrons. The highest BCUT2D eigenvalue weighted by atomic mass is 32.2. The smallest absolute Gasteiger partial charge is 0.313 e. The molecule has 5 N–H and O–H groups in total. The van der Waals surface area contributed by atoms with Gasteiger partial charge in [-0.25, -0.2) is 4.68 Å². The maximum Gasteiger partial charge on any atom is 0.313 e. The van der Waals surface area contributed by atoms with Crippen LogP contribution in [-0.2, 0) is 25.7 Å². The number of aliphatic carboxylic acids is 1. The number of β-lactam (4-membered cyclic amide) rings is 1. The quantitative estimate of drug-likeness (QED) is 0.227. The highest BCUT2D eigenvalue weighted by Crippen LogP contribution is 2.44. The van der Waals surface area contributed by atoms with Crippen LogP contribution in [0.5, 0.6) is 0 Å². The molecule has 0 spiro atoms. The third kappa shape index (κ3) is 4.58. The maximum atomic E-state index is 12.7. The number of aliphatic hydroxyl groups excluding tert-OH is 1. The van der Waals surface area contributed by atoms with Crippen LogP contribution in [-0.4, -0.2) is 88.5 Å². The summed E-state index contributed by atoms with van der Waals surface area (Å²) in [6, 6.07) is 7.49. The molecule has 1 aromatic heterocycles. The van der Waals surface area contributed by atoms with Crippen molar-refractivity contribution in [1.82, 2.24) is 30.4 Å². The van der Waals surface area contributed by atoms with Gasteiger partial charge in [0.25, 0.3) is 5.91 Å². The lowest BCUT2D eigenvalue weighted by molar-refractivity contribution is -0.158. The summed E-state index contributed by atoms with van der Waals surface area (Å²) in [4.78, 5) is 49.9. The fourth-order valence-corrected chi connectivity index (χ4v) is 6.41. The van der Waals surface area contributed by atoms with E-state index in [0.717, 1.165) is 11.8 Å². The molecule has 3 amide bonds. The molecule has 4 atom stereocenters. The van der Waals surface area contributed by atoms with Crippen molar-refractivity contribution in [1.29, 1.82) is 0 Å². The first-order chi connectivity index (χ1) is 16.2. The van der Waals surface area contributed by atoms with E-state index in [0.29, 0.717) is 5.56 Å². The number of nitrogens with zero attached hydrogens (tertiary/aromatic N) is 5. The summed E-state index contributed by atoms with van der Waals surface area (Å²) < 4.78 is 1.18. The average Bonchev–Trinajstić information content (AvgIpc) is 3.26. The number of nitrogens with two attached hydrogens (primary N) is 1. The Bertz CT molecular complexity index is 1120. The number of primary amides is 1. The Morgan fingerprint density at radius 3 is 2.74 bits per heavy atom. The molecule has 4 rings (SSSR count). The molecule has 2 saturated heterocycles. The Morgan fingerprint density at radius 2 is 2.06 bits per heavy atom. The number of tetrazole rings is 1. The first-order valence-electron chi connectivity index (χ1n) is 10.1. The Kier molecular flexibility index (Phi) is 6.77. The molecule has 3 heterocycles. The lowest BCUT2D eigenvalue weighted by Gasteiger charge is -2.53. The number of rotatable bonds is 9. The first kappa shape index (κ1) is 24.0. The largest absolute Gasteiger partial charge is 0.481 e. The average molecular weight is 508 g/mol. The van der Waals surface area contributed by atoms with E-state index >= 15 is 0 Å². The van der Waals surface area contributed by atoms with Gasteiger partial charge in [0, 0.05) is 18.1 Å². The Balaban J connectivity index is 1.39. The van der Waals surface area contributed by atoms with Crippen molar-refractivity contribution in [3.63, 3.8) is 0 Å². The third-order valence-electron chi connectivity index (χ3n) is 5.54. The zero-order valence-corrected chi connectivity index (χ0v) is 19.2. The van der Waals surface area contributed by atoms with Crippen molar-refractivity contribution in [2.45, 2.75) is 29.2 Å². The van der Waals surface area contributed by atoms with Gasteiger partial charge in [-0.2, -0.15) is 0 Å². The number of aliphatic hydroxyl groups is 1. The van der Waals surface area contributed by atoms with Crippen molar-refractivity contribution in [2.75, 3.05) is 18.1 Å². The van der Waals surface area contributed by atoms with E-state index in [1.54, 1.807) is 30.3 Å². The molecular weight excluding hydrogens is 486 g/mol. The molecule has 1 aromatic carbocycles. The van der Waals surface area contributed by atoms with Crippen LogP contribution in [0.25, 0.3) is 0 Å². The highest BCUT2D eigenvalue weighted by molar-refractivity contribution is 8.00. The van der Waals surface area contributed by atoms with Crippen LogP contribution in [0.15, 0.2) is 35.5 Å². The predicted molar refractivity (Wildman–Crippen MR) is 119 cm³/mol. The number of benzene rings is 1. The summed E-state index contributed by atoms with van der Waals surface area (Å²) in [7, 11) is 0. The molecule has 2 aliphatic rings. The summed E-state index contributed by atoms with van der Waals surface area (Å²) in [6.45, 7) is -0.302. The summed E-state index contributed by atoms with van der Waals surface area (Å²) in [5.74, 6) is -2.62. The van der Waals surface area contributed by atoms with Gasteiger partial charge in [-0.15, -0.1) is 16.9 Å². The second-order valence-corrected chi connectivity index (χ2v) is 9.97. The van der Waals surface area contributed by atoms with Gasteiger partial charge >= 0.3 is 5.97 Å². The standard InChI is InChI=1S/C19H21N7O6S2/c20-11(27)6-26-18(22-23-24-26)34-9-19(17(31)32)7-25-15(30)12(16(25)33-8-19)21-14(29)13(28)10-4-2-1-3-5-10/h1-5,12-13,16,28H,6-9H2,(H2,20,27)(H,21,29)(H,31,32)/t12?,13?,16-,19?/m1/s1. The van der Waals surface area contributed by atoms with Crippen LogP contribution < -0.4 is 11.1 Å². The van der Waals surface area contributed by atoms with Crippen LogP contribution in [0.3, 0.4) is 0 Å². The van der Waals surface area contributed by atoms with E-state index in [1.807, 2.05) is 0 Å². The van der Waals surface area contributed by atoms with Crippen molar-refractivity contribution >= 4 is 47.2 Å². The molecule has 34 heavy (non-hydrogen) atoms.